The van der Waals surface area contributed by atoms with Gasteiger partial charge in [0.25, 0.3) is 5.91 Å². The van der Waals surface area contributed by atoms with Crippen molar-refractivity contribution in [2.24, 2.45) is 23.2 Å². The molecule has 1 aromatic carbocycles. The molecule has 3 saturated carbocycles. The summed E-state index contributed by atoms with van der Waals surface area (Å²) in [5.74, 6) is 0.399. The first-order valence-corrected chi connectivity index (χ1v) is 12.5. The number of nitrogens with one attached hydrogen (secondary N) is 2. The van der Waals surface area contributed by atoms with E-state index in [1.54, 1.807) is 12.1 Å². The molecule has 0 spiro atoms. The average Bonchev–Trinajstić information content (AvgIpc) is 3.10. The first kappa shape index (κ1) is 24.8. The molecule has 0 radical (unpaired) electrons. The van der Waals surface area contributed by atoms with Crippen molar-refractivity contribution in [2.45, 2.75) is 71.5 Å². The van der Waals surface area contributed by atoms with Gasteiger partial charge in [-0.3, -0.25) is 9.59 Å². The van der Waals surface area contributed by atoms with Crippen LogP contribution in [-0.4, -0.2) is 43.1 Å². The van der Waals surface area contributed by atoms with Crippen LogP contribution in [0.5, 0.6) is 0 Å². The molecule has 4 aliphatic rings. The number of carbonyl (C=O) groups is 2. The molecular weight excluding hydrogens is 462 g/mol. The van der Waals surface area contributed by atoms with E-state index >= 15 is 0 Å². The van der Waals surface area contributed by atoms with Gasteiger partial charge in [-0.1, -0.05) is 50.9 Å². The van der Waals surface area contributed by atoms with Gasteiger partial charge in [-0.2, -0.15) is 0 Å². The minimum absolute atomic E-state index is 0.0514. The monoisotopic (exact) mass is 494 g/mol. The third kappa shape index (κ3) is 4.66. The van der Waals surface area contributed by atoms with Crippen molar-refractivity contribution in [1.29, 1.82) is 0 Å². The second-order valence-corrected chi connectivity index (χ2v) is 11.8. The van der Waals surface area contributed by atoms with E-state index in [1.807, 2.05) is 0 Å². The minimum atomic E-state index is -0.500. The van der Waals surface area contributed by atoms with E-state index in [9.17, 15) is 9.59 Å². The molecule has 1 aromatic rings. The summed E-state index contributed by atoms with van der Waals surface area (Å²) in [4.78, 5) is 25.2. The van der Waals surface area contributed by atoms with Crippen LogP contribution >= 0.6 is 23.2 Å². The summed E-state index contributed by atoms with van der Waals surface area (Å²) in [6, 6.07) is 4.64. The molecule has 6 nitrogen and oxygen atoms in total. The van der Waals surface area contributed by atoms with Gasteiger partial charge < -0.3 is 19.9 Å². The molecule has 5 rings (SSSR count). The van der Waals surface area contributed by atoms with Gasteiger partial charge in [-0.05, 0) is 67.6 Å². The third-order valence-corrected chi connectivity index (χ3v) is 8.52. The second kappa shape index (κ2) is 9.06. The molecule has 0 unspecified atom stereocenters. The second-order valence-electron chi connectivity index (χ2n) is 10.9. The third-order valence-electron chi connectivity index (χ3n) is 7.95. The number of carbonyl (C=O) groups excluding carboxylic acids is 2. The maximum Gasteiger partial charge on any atom is 0.481 e. The molecule has 2 amide bonds. The molecule has 33 heavy (non-hydrogen) atoms. The molecule has 4 fully saturated rings. The van der Waals surface area contributed by atoms with E-state index in [0.29, 0.717) is 29.2 Å². The highest BCUT2D eigenvalue weighted by molar-refractivity contribution is 6.48. The molecule has 3 aliphatic carbocycles. The predicted molar refractivity (Wildman–Crippen MR) is 130 cm³/mol. The Morgan fingerprint density at radius 1 is 1.21 bits per heavy atom. The number of hydrogen-bond acceptors (Lipinski definition) is 4. The van der Waals surface area contributed by atoms with Crippen LogP contribution < -0.4 is 10.6 Å². The molecule has 2 N–H and O–H groups in total. The Bertz CT molecular complexity index is 943. The minimum Gasteiger partial charge on any atom is -0.404 e. The van der Waals surface area contributed by atoms with Crippen LogP contribution in [0.4, 0.5) is 0 Å². The van der Waals surface area contributed by atoms with Crippen LogP contribution in [0.3, 0.4) is 0 Å². The molecule has 0 aromatic heterocycles. The summed E-state index contributed by atoms with van der Waals surface area (Å²) >= 11 is 12.1. The van der Waals surface area contributed by atoms with E-state index < -0.39 is 13.0 Å². The SMILES string of the molecule is CC(C)C[C@H](NC(=O)CNC(=O)c1cc(Cl)ccc1Cl)B1O[C@@H]2C[C@H]3C[C@H](C3(C)C)[C@]2(C)O1. The summed E-state index contributed by atoms with van der Waals surface area (Å²) in [7, 11) is -0.500. The van der Waals surface area contributed by atoms with Crippen molar-refractivity contribution in [1.82, 2.24) is 10.6 Å². The highest BCUT2D eigenvalue weighted by atomic mass is 35.5. The molecule has 180 valence electrons. The number of rotatable bonds is 7. The largest absolute Gasteiger partial charge is 0.481 e. The zero-order chi connectivity index (χ0) is 24.1. The van der Waals surface area contributed by atoms with Crippen LogP contribution in [0, 0.1) is 23.2 Å². The Morgan fingerprint density at radius 3 is 2.61 bits per heavy atom. The van der Waals surface area contributed by atoms with Crippen LogP contribution in [0.1, 0.15) is 64.2 Å². The summed E-state index contributed by atoms with van der Waals surface area (Å²) in [5.41, 5.74) is 0.156. The molecule has 1 heterocycles. The highest BCUT2D eigenvalue weighted by Crippen LogP contribution is 2.65. The van der Waals surface area contributed by atoms with E-state index in [4.69, 9.17) is 32.5 Å². The number of amides is 2. The molecule has 1 aliphatic heterocycles. The van der Waals surface area contributed by atoms with Gasteiger partial charge in [0.1, 0.15) is 0 Å². The number of benzene rings is 1. The van der Waals surface area contributed by atoms with E-state index in [-0.39, 0.29) is 46.1 Å². The Kier molecular flexibility index (Phi) is 6.82. The van der Waals surface area contributed by atoms with Crippen molar-refractivity contribution >= 4 is 42.1 Å². The molecule has 5 atom stereocenters. The summed E-state index contributed by atoms with van der Waals surface area (Å²) in [6.07, 6.45) is 2.94. The number of halogens is 2. The molecule has 1 saturated heterocycles. The van der Waals surface area contributed by atoms with Gasteiger partial charge in [-0.25, -0.2) is 0 Å². The maximum atomic E-state index is 12.8. The highest BCUT2D eigenvalue weighted by Gasteiger charge is 2.68. The van der Waals surface area contributed by atoms with Gasteiger partial charge in [-0.15, -0.1) is 0 Å². The lowest BCUT2D eigenvalue weighted by Crippen LogP contribution is -2.65. The first-order chi connectivity index (χ1) is 15.4. The predicted octanol–water partition coefficient (Wildman–Crippen LogP) is 4.52. The van der Waals surface area contributed by atoms with Crippen molar-refractivity contribution in [3.8, 4) is 0 Å². The number of hydrogen-bond donors (Lipinski definition) is 2. The lowest BCUT2D eigenvalue weighted by Gasteiger charge is -2.64. The Morgan fingerprint density at radius 2 is 1.94 bits per heavy atom. The van der Waals surface area contributed by atoms with Gasteiger partial charge in [0.05, 0.1) is 34.8 Å². The Hall–Kier alpha value is -1.28. The lowest BCUT2D eigenvalue weighted by molar-refractivity contribution is -0.199. The average molecular weight is 495 g/mol. The van der Waals surface area contributed by atoms with E-state index in [2.05, 4.69) is 45.3 Å². The maximum absolute atomic E-state index is 12.8. The van der Waals surface area contributed by atoms with Crippen molar-refractivity contribution in [3.63, 3.8) is 0 Å². The van der Waals surface area contributed by atoms with Gasteiger partial charge in [0.2, 0.25) is 5.91 Å². The van der Waals surface area contributed by atoms with Gasteiger partial charge in [0, 0.05) is 5.02 Å². The Labute approximate surface area is 206 Å². The summed E-state index contributed by atoms with van der Waals surface area (Å²) in [6.45, 7) is 10.8. The van der Waals surface area contributed by atoms with Gasteiger partial charge >= 0.3 is 7.12 Å². The van der Waals surface area contributed by atoms with Crippen molar-refractivity contribution < 1.29 is 18.9 Å². The fourth-order valence-electron chi connectivity index (χ4n) is 6.00. The fraction of sp³-hybridized carbons (Fsp3) is 0.667. The normalized spacial score (nSPS) is 30.4. The quantitative estimate of drug-likeness (QED) is 0.546. The van der Waals surface area contributed by atoms with Crippen molar-refractivity contribution in [2.75, 3.05) is 6.54 Å². The van der Waals surface area contributed by atoms with Gasteiger partial charge in [0.15, 0.2) is 0 Å². The zero-order valence-corrected chi connectivity index (χ0v) is 21.4. The van der Waals surface area contributed by atoms with E-state index in [0.717, 1.165) is 6.42 Å². The van der Waals surface area contributed by atoms with E-state index in [1.165, 1.54) is 12.5 Å². The summed E-state index contributed by atoms with van der Waals surface area (Å²) in [5, 5.41) is 6.34. The molecule has 9 heteroatoms. The zero-order valence-electron chi connectivity index (χ0n) is 19.9. The summed E-state index contributed by atoms with van der Waals surface area (Å²) < 4.78 is 13.0. The van der Waals surface area contributed by atoms with Crippen LogP contribution in [0.15, 0.2) is 18.2 Å². The van der Waals surface area contributed by atoms with Crippen LogP contribution in [0.25, 0.3) is 0 Å². The Balaban J connectivity index is 1.39. The topological polar surface area (TPSA) is 76.7 Å². The first-order valence-electron chi connectivity index (χ1n) is 11.8. The smallest absolute Gasteiger partial charge is 0.404 e. The standard InChI is InChI=1S/C24H33BCl2N2O4/c1-13(2)8-20(25-32-19-10-14-9-18(23(14,3)4)24(19,5)33-25)29-21(30)12-28-22(31)16-11-15(26)6-7-17(16)27/h6-7,11,13-14,18-20H,8-10,12H2,1-5H3,(H,28,31)(H,29,30)/t14-,18-,19-,20+,24+/m1/s1. The van der Waals surface area contributed by atoms with Crippen LogP contribution in [-0.2, 0) is 14.1 Å². The fourth-order valence-corrected chi connectivity index (χ4v) is 6.38. The molecular formula is C24H33BCl2N2O4. The lowest BCUT2D eigenvalue weighted by atomic mass is 9.43. The molecule has 2 bridgehead atoms. The van der Waals surface area contributed by atoms with Crippen molar-refractivity contribution in [3.05, 3.63) is 33.8 Å². The van der Waals surface area contributed by atoms with Crippen LogP contribution in [0.2, 0.25) is 10.0 Å².